The Balaban J connectivity index is 4.10. The van der Waals surface area contributed by atoms with Gasteiger partial charge in [0.15, 0.2) is 6.04 Å². The number of hydrogen-bond acceptors (Lipinski definition) is 4. The van der Waals surface area contributed by atoms with Gasteiger partial charge in [-0.25, -0.2) is 9.59 Å². The minimum absolute atomic E-state index is 0.0362. The van der Waals surface area contributed by atoms with Crippen LogP contribution >= 0.6 is 11.8 Å². The average Bonchev–Trinajstić information content (AvgIpc) is 2.22. The number of thioether (sulfide) groups is 1. The van der Waals surface area contributed by atoms with Crippen molar-refractivity contribution >= 4 is 23.8 Å². The number of aliphatic hydroxyl groups excluding tert-OH is 1. The lowest BCUT2D eigenvalue weighted by molar-refractivity contribution is -0.141. The fourth-order valence-electron chi connectivity index (χ4n) is 1.16. The maximum absolute atomic E-state index is 11.4. The number of hydrogen-bond donors (Lipinski definition) is 4. The normalized spacial score (nSPS) is 15.8. The highest BCUT2D eigenvalue weighted by Gasteiger charge is 2.25. The van der Waals surface area contributed by atoms with E-state index in [1.54, 1.807) is 11.8 Å². The number of rotatable bonds is 7. The molecule has 0 aromatic heterocycles. The minimum atomic E-state index is -1.29. The van der Waals surface area contributed by atoms with Crippen molar-refractivity contribution in [1.29, 1.82) is 0 Å². The Morgan fingerprint density at radius 2 is 1.88 bits per heavy atom. The van der Waals surface area contributed by atoms with Crippen LogP contribution in [0, 0.1) is 0 Å². The lowest BCUT2D eigenvalue weighted by Gasteiger charge is -2.19. The van der Waals surface area contributed by atoms with Gasteiger partial charge in [0.2, 0.25) is 0 Å². The van der Waals surface area contributed by atoms with Gasteiger partial charge in [0.1, 0.15) is 0 Å². The standard InChI is InChI=1S/C10H20N2O4S/c1-6(4-5-17-3)11-10(16)12-8(7(2)13)9(14)15/h6-8,13H,4-5H2,1-3H3,(H,14,15)(H2,11,12,16)/t6?,7-,8+/m1/s1. The van der Waals surface area contributed by atoms with Crippen LogP contribution in [0.3, 0.4) is 0 Å². The molecule has 0 spiro atoms. The second-order valence-corrected chi connectivity index (χ2v) is 4.84. The summed E-state index contributed by atoms with van der Waals surface area (Å²) >= 11 is 1.67. The van der Waals surface area contributed by atoms with E-state index in [2.05, 4.69) is 10.6 Å². The topological polar surface area (TPSA) is 98.7 Å². The maximum Gasteiger partial charge on any atom is 0.328 e. The summed E-state index contributed by atoms with van der Waals surface area (Å²) in [5.41, 5.74) is 0. The van der Waals surface area contributed by atoms with Crippen molar-refractivity contribution in [3.05, 3.63) is 0 Å². The van der Waals surface area contributed by atoms with Crippen molar-refractivity contribution in [2.24, 2.45) is 0 Å². The van der Waals surface area contributed by atoms with Crippen molar-refractivity contribution in [2.75, 3.05) is 12.0 Å². The Morgan fingerprint density at radius 1 is 1.29 bits per heavy atom. The number of carboxylic acids is 1. The third kappa shape index (κ3) is 7.06. The summed E-state index contributed by atoms with van der Waals surface area (Å²) in [6.45, 7) is 3.16. The van der Waals surface area contributed by atoms with Gasteiger partial charge in [-0.15, -0.1) is 0 Å². The average molecular weight is 264 g/mol. The fourth-order valence-corrected chi connectivity index (χ4v) is 1.75. The molecule has 100 valence electrons. The second-order valence-electron chi connectivity index (χ2n) is 3.86. The molecule has 17 heavy (non-hydrogen) atoms. The molecule has 0 saturated heterocycles. The van der Waals surface area contributed by atoms with Crippen LogP contribution in [-0.4, -0.2) is 52.4 Å². The Hall–Kier alpha value is -0.950. The molecule has 0 radical (unpaired) electrons. The molecule has 7 heteroatoms. The van der Waals surface area contributed by atoms with Gasteiger partial charge in [-0.3, -0.25) is 0 Å². The summed E-state index contributed by atoms with van der Waals surface area (Å²) in [4.78, 5) is 22.2. The summed E-state index contributed by atoms with van der Waals surface area (Å²) in [7, 11) is 0. The van der Waals surface area contributed by atoms with E-state index in [1.807, 2.05) is 13.2 Å². The van der Waals surface area contributed by atoms with E-state index in [0.29, 0.717) is 0 Å². The van der Waals surface area contributed by atoms with Gasteiger partial charge in [0.25, 0.3) is 0 Å². The highest BCUT2D eigenvalue weighted by molar-refractivity contribution is 7.98. The predicted molar refractivity (Wildman–Crippen MR) is 67.2 cm³/mol. The molecule has 0 aliphatic heterocycles. The van der Waals surface area contributed by atoms with E-state index in [0.717, 1.165) is 12.2 Å². The highest BCUT2D eigenvalue weighted by atomic mass is 32.2. The monoisotopic (exact) mass is 264 g/mol. The van der Waals surface area contributed by atoms with Crippen LogP contribution in [0.25, 0.3) is 0 Å². The van der Waals surface area contributed by atoms with Crippen LogP contribution in [0.15, 0.2) is 0 Å². The molecule has 0 saturated carbocycles. The molecule has 6 nitrogen and oxygen atoms in total. The predicted octanol–water partition coefficient (Wildman–Crippen LogP) is 0.261. The van der Waals surface area contributed by atoms with Gasteiger partial charge in [-0.1, -0.05) is 0 Å². The van der Waals surface area contributed by atoms with E-state index in [4.69, 9.17) is 5.11 Å². The first-order chi connectivity index (χ1) is 7.88. The van der Waals surface area contributed by atoms with Crippen molar-refractivity contribution in [1.82, 2.24) is 10.6 Å². The third-order valence-corrected chi connectivity index (χ3v) is 2.81. The molecular weight excluding hydrogens is 244 g/mol. The number of amides is 2. The van der Waals surface area contributed by atoms with Crippen LogP contribution < -0.4 is 10.6 Å². The summed E-state index contributed by atoms with van der Waals surface area (Å²) in [6.07, 6.45) is 1.64. The molecule has 3 atom stereocenters. The smallest absolute Gasteiger partial charge is 0.328 e. The molecule has 0 aliphatic carbocycles. The molecule has 4 N–H and O–H groups in total. The van der Waals surface area contributed by atoms with Gasteiger partial charge < -0.3 is 20.8 Å². The van der Waals surface area contributed by atoms with Crippen LogP contribution in [0.5, 0.6) is 0 Å². The van der Waals surface area contributed by atoms with Crippen LogP contribution in [0.4, 0.5) is 4.79 Å². The van der Waals surface area contributed by atoms with Gasteiger partial charge in [-0.05, 0) is 32.3 Å². The zero-order valence-corrected chi connectivity index (χ0v) is 11.1. The molecule has 0 bridgehead atoms. The van der Waals surface area contributed by atoms with Crippen molar-refractivity contribution in [2.45, 2.75) is 38.5 Å². The molecule has 0 aromatic carbocycles. The minimum Gasteiger partial charge on any atom is -0.480 e. The highest BCUT2D eigenvalue weighted by Crippen LogP contribution is 2.00. The number of aliphatic hydroxyl groups is 1. The van der Waals surface area contributed by atoms with Gasteiger partial charge in [0.05, 0.1) is 6.10 Å². The zero-order chi connectivity index (χ0) is 13.4. The SMILES string of the molecule is CSCCC(C)NC(=O)N[C@H](C(=O)O)[C@@H](C)O. The lowest BCUT2D eigenvalue weighted by atomic mass is 10.2. The number of carboxylic acid groups (broad SMARTS) is 1. The van der Waals surface area contributed by atoms with Crippen molar-refractivity contribution in [3.8, 4) is 0 Å². The summed E-state index contributed by atoms with van der Waals surface area (Å²) < 4.78 is 0. The van der Waals surface area contributed by atoms with E-state index >= 15 is 0 Å². The van der Waals surface area contributed by atoms with E-state index in [1.165, 1.54) is 6.92 Å². The van der Waals surface area contributed by atoms with E-state index in [9.17, 15) is 14.7 Å². The number of nitrogens with one attached hydrogen (secondary N) is 2. The number of carbonyl (C=O) groups is 2. The summed E-state index contributed by atoms with van der Waals surface area (Å²) in [5.74, 6) is -0.341. The third-order valence-electron chi connectivity index (χ3n) is 2.17. The quantitative estimate of drug-likeness (QED) is 0.529. The Bertz CT molecular complexity index is 261. The van der Waals surface area contributed by atoms with Gasteiger partial charge in [-0.2, -0.15) is 11.8 Å². The number of carbonyl (C=O) groups excluding carboxylic acids is 1. The van der Waals surface area contributed by atoms with E-state index < -0.39 is 24.1 Å². The first-order valence-corrected chi connectivity index (χ1v) is 6.74. The Labute approximate surface area is 105 Å². The van der Waals surface area contributed by atoms with Crippen molar-refractivity contribution in [3.63, 3.8) is 0 Å². The largest absolute Gasteiger partial charge is 0.480 e. The Morgan fingerprint density at radius 3 is 2.29 bits per heavy atom. The second kappa shape index (κ2) is 8.19. The van der Waals surface area contributed by atoms with Crippen LogP contribution in [-0.2, 0) is 4.79 Å². The number of aliphatic carboxylic acids is 1. The summed E-state index contributed by atoms with van der Waals surface area (Å²) in [6, 6.07) is -1.90. The lowest BCUT2D eigenvalue weighted by Crippen LogP contribution is -2.52. The fraction of sp³-hybridized carbons (Fsp3) is 0.800. The molecule has 0 aromatic rings. The number of urea groups is 1. The maximum atomic E-state index is 11.4. The molecule has 0 fully saturated rings. The van der Waals surface area contributed by atoms with Gasteiger partial charge >= 0.3 is 12.0 Å². The molecule has 1 unspecified atom stereocenters. The zero-order valence-electron chi connectivity index (χ0n) is 10.3. The molecular formula is C10H20N2O4S. The summed E-state index contributed by atoms with van der Waals surface area (Å²) in [5, 5.41) is 22.8. The van der Waals surface area contributed by atoms with Crippen LogP contribution in [0.2, 0.25) is 0 Å². The van der Waals surface area contributed by atoms with Crippen molar-refractivity contribution < 1.29 is 19.8 Å². The molecule has 0 aliphatic rings. The van der Waals surface area contributed by atoms with Crippen LogP contribution in [0.1, 0.15) is 20.3 Å². The first kappa shape index (κ1) is 16.1. The van der Waals surface area contributed by atoms with E-state index in [-0.39, 0.29) is 6.04 Å². The Kier molecular flexibility index (Phi) is 7.73. The molecule has 0 rings (SSSR count). The molecule has 2 amide bonds. The first-order valence-electron chi connectivity index (χ1n) is 5.35. The molecule has 0 heterocycles. The van der Waals surface area contributed by atoms with Gasteiger partial charge in [0, 0.05) is 6.04 Å².